The first-order valence-electron chi connectivity index (χ1n) is 7.79. The summed E-state index contributed by atoms with van der Waals surface area (Å²) >= 11 is 7.55. The maximum atomic E-state index is 12.8. The molecule has 1 heterocycles. The van der Waals surface area contributed by atoms with Crippen molar-refractivity contribution in [1.82, 2.24) is 9.55 Å². The van der Waals surface area contributed by atoms with E-state index in [1.807, 2.05) is 24.3 Å². The van der Waals surface area contributed by atoms with Gasteiger partial charge in [0.05, 0.1) is 24.9 Å². The van der Waals surface area contributed by atoms with Crippen LogP contribution in [0.1, 0.15) is 5.56 Å². The highest BCUT2D eigenvalue weighted by atomic mass is 35.5. The maximum Gasteiger partial charge on any atom is 0.287 e. The Morgan fingerprint density at radius 1 is 1.15 bits per heavy atom. The Labute approximate surface area is 160 Å². The molecule has 0 saturated carbocycles. The van der Waals surface area contributed by atoms with E-state index in [2.05, 4.69) is 4.98 Å². The van der Waals surface area contributed by atoms with Gasteiger partial charge in [-0.25, -0.2) is 4.98 Å². The molecule has 26 heavy (non-hydrogen) atoms. The van der Waals surface area contributed by atoms with Crippen molar-refractivity contribution in [3.8, 4) is 17.2 Å². The Bertz CT molecular complexity index is 975. The van der Waals surface area contributed by atoms with Gasteiger partial charge in [0.25, 0.3) is 5.56 Å². The summed E-state index contributed by atoms with van der Waals surface area (Å²) in [6.07, 6.45) is 3.23. The molecule has 1 aromatic heterocycles. The Kier molecular flexibility index (Phi) is 5.85. The summed E-state index contributed by atoms with van der Waals surface area (Å²) in [5.41, 5.74) is 1.52. The fraction of sp³-hybridized carbons (Fsp3) is 0.158. The minimum Gasteiger partial charge on any atom is -0.497 e. The van der Waals surface area contributed by atoms with Gasteiger partial charge in [-0.05, 0) is 35.9 Å². The number of methoxy groups -OCH3 is 2. The first-order chi connectivity index (χ1) is 12.6. The molecule has 3 rings (SSSR count). The number of aromatic nitrogens is 2. The fourth-order valence-corrected chi connectivity index (χ4v) is 3.51. The number of benzene rings is 2. The van der Waals surface area contributed by atoms with Crippen LogP contribution in [0.5, 0.6) is 11.5 Å². The van der Waals surface area contributed by atoms with Crippen molar-refractivity contribution in [2.45, 2.75) is 10.8 Å². The lowest BCUT2D eigenvalue weighted by atomic mass is 10.2. The highest BCUT2D eigenvalue weighted by Gasteiger charge is 2.10. The molecule has 134 valence electrons. The van der Waals surface area contributed by atoms with Crippen LogP contribution in [0.2, 0.25) is 5.02 Å². The van der Waals surface area contributed by atoms with E-state index in [9.17, 15) is 4.79 Å². The second-order valence-electron chi connectivity index (χ2n) is 5.37. The van der Waals surface area contributed by atoms with Gasteiger partial charge >= 0.3 is 0 Å². The van der Waals surface area contributed by atoms with Crippen molar-refractivity contribution < 1.29 is 9.47 Å². The summed E-state index contributed by atoms with van der Waals surface area (Å²) in [5.74, 6) is 1.96. The zero-order chi connectivity index (χ0) is 18.5. The van der Waals surface area contributed by atoms with Crippen molar-refractivity contribution in [3.63, 3.8) is 0 Å². The molecule has 0 aliphatic heterocycles. The van der Waals surface area contributed by atoms with Crippen molar-refractivity contribution in [3.05, 3.63) is 75.8 Å². The number of hydrogen-bond donors (Lipinski definition) is 0. The fourth-order valence-electron chi connectivity index (χ4n) is 2.42. The van der Waals surface area contributed by atoms with E-state index in [4.69, 9.17) is 21.1 Å². The van der Waals surface area contributed by atoms with E-state index in [1.54, 1.807) is 44.8 Å². The summed E-state index contributed by atoms with van der Waals surface area (Å²) in [5, 5.41) is 0.863. The molecule has 0 radical (unpaired) electrons. The topological polar surface area (TPSA) is 53.4 Å². The molecule has 3 aromatic rings. The molecule has 7 heteroatoms. The van der Waals surface area contributed by atoms with Crippen molar-refractivity contribution in [2.24, 2.45) is 0 Å². The van der Waals surface area contributed by atoms with Crippen molar-refractivity contribution in [1.29, 1.82) is 0 Å². The van der Waals surface area contributed by atoms with Crippen LogP contribution in [-0.2, 0) is 5.75 Å². The maximum absolute atomic E-state index is 12.8. The van der Waals surface area contributed by atoms with E-state index in [1.165, 1.54) is 16.3 Å². The third kappa shape index (κ3) is 4.03. The minimum atomic E-state index is -0.193. The van der Waals surface area contributed by atoms with E-state index < -0.39 is 0 Å². The van der Waals surface area contributed by atoms with Crippen LogP contribution in [0.25, 0.3) is 5.69 Å². The Balaban J connectivity index is 1.85. The monoisotopic (exact) mass is 388 g/mol. The van der Waals surface area contributed by atoms with E-state index >= 15 is 0 Å². The second kappa shape index (κ2) is 8.29. The molecule has 0 fully saturated rings. The largest absolute Gasteiger partial charge is 0.497 e. The normalized spacial score (nSPS) is 10.6. The van der Waals surface area contributed by atoms with Gasteiger partial charge < -0.3 is 9.47 Å². The average Bonchev–Trinajstić information content (AvgIpc) is 2.67. The number of hydrogen-bond acceptors (Lipinski definition) is 5. The first kappa shape index (κ1) is 18.4. The minimum absolute atomic E-state index is 0.193. The number of rotatable bonds is 6. The summed E-state index contributed by atoms with van der Waals surface area (Å²) in [6.45, 7) is 0. The summed E-state index contributed by atoms with van der Waals surface area (Å²) < 4.78 is 11.9. The highest BCUT2D eigenvalue weighted by Crippen LogP contribution is 2.26. The van der Waals surface area contributed by atoms with Gasteiger partial charge in [-0.15, -0.1) is 0 Å². The van der Waals surface area contributed by atoms with Crippen LogP contribution >= 0.6 is 23.4 Å². The average molecular weight is 389 g/mol. The molecule has 0 aliphatic carbocycles. The molecular formula is C19H17ClN2O3S. The zero-order valence-electron chi connectivity index (χ0n) is 14.3. The van der Waals surface area contributed by atoms with Crippen LogP contribution in [0.3, 0.4) is 0 Å². The number of thioether (sulfide) groups is 1. The van der Waals surface area contributed by atoms with E-state index in [-0.39, 0.29) is 5.56 Å². The van der Waals surface area contributed by atoms with Gasteiger partial charge in [0, 0.05) is 18.1 Å². The number of ether oxygens (including phenoxy) is 2. The van der Waals surface area contributed by atoms with Crippen LogP contribution in [-0.4, -0.2) is 23.8 Å². The predicted molar refractivity (Wildman–Crippen MR) is 104 cm³/mol. The van der Waals surface area contributed by atoms with Gasteiger partial charge in [-0.1, -0.05) is 35.5 Å². The van der Waals surface area contributed by atoms with Crippen LogP contribution in [0.15, 0.2) is 64.7 Å². The van der Waals surface area contributed by atoms with Gasteiger partial charge in [-0.3, -0.25) is 9.36 Å². The molecule has 0 amide bonds. The van der Waals surface area contributed by atoms with Crippen molar-refractivity contribution >= 4 is 23.4 Å². The van der Waals surface area contributed by atoms with Gasteiger partial charge in [0.15, 0.2) is 5.03 Å². The van der Waals surface area contributed by atoms with E-state index in [0.717, 1.165) is 11.3 Å². The van der Waals surface area contributed by atoms with Gasteiger partial charge in [-0.2, -0.15) is 0 Å². The van der Waals surface area contributed by atoms with E-state index in [0.29, 0.717) is 27.2 Å². The Morgan fingerprint density at radius 2 is 2.00 bits per heavy atom. The summed E-state index contributed by atoms with van der Waals surface area (Å²) in [7, 11) is 3.18. The molecule has 0 unspecified atom stereocenters. The Morgan fingerprint density at radius 3 is 2.73 bits per heavy atom. The van der Waals surface area contributed by atoms with Crippen molar-refractivity contribution in [2.75, 3.05) is 14.2 Å². The molecule has 0 aliphatic rings. The Hall–Kier alpha value is -2.44. The quantitative estimate of drug-likeness (QED) is 0.592. The molecule has 2 aromatic carbocycles. The standard InChI is InChI=1S/C19H17ClN2O3S/c1-24-15-5-3-4-13(10-15)12-26-18-19(23)22(9-8-21-18)14-6-7-17(25-2)16(20)11-14/h3-11H,12H2,1-2H3. The molecule has 0 N–H and O–H groups in total. The first-order valence-corrected chi connectivity index (χ1v) is 9.16. The summed E-state index contributed by atoms with van der Waals surface area (Å²) in [4.78, 5) is 17.0. The second-order valence-corrected chi connectivity index (χ2v) is 6.74. The molecule has 0 atom stereocenters. The number of nitrogens with zero attached hydrogens (tertiary/aromatic N) is 2. The van der Waals surface area contributed by atoms with Gasteiger partial charge in [0.2, 0.25) is 0 Å². The smallest absolute Gasteiger partial charge is 0.287 e. The van der Waals surface area contributed by atoms with Gasteiger partial charge in [0.1, 0.15) is 11.5 Å². The SMILES string of the molecule is COc1cccc(CSc2nccn(-c3ccc(OC)c(Cl)c3)c2=O)c1. The molecule has 0 saturated heterocycles. The lowest BCUT2D eigenvalue weighted by Gasteiger charge is -2.10. The lowest BCUT2D eigenvalue weighted by Crippen LogP contribution is -2.20. The van der Waals surface area contributed by atoms with Crippen LogP contribution in [0.4, 0.5) is 0 Å². The molecule has 0 spiro atoms. The molecule has 0 bridgehead atoms. The predicted octanol–water partition coefficient (Wildman–Crippen LogP) is 4.20. The third-order valence-electron chi connectivity index (χ3n) is 3.73. The zero-order valence-corrected chi connectivity index (χ0v) is 15.9. The summed E-state index contributed by atoms with van der Waals surface area (Å²) in [6, 6.07) is 12.9. The lowest BCUT2D eigenvalue weighted by molar-refractivity contribution is 0.414. The third-order valence-corrected chi connectivity index (χ3v) is 5.06. The molecular weight excluding hydrogens is 372 g/mol. The van der Waals surface area contributed by atoms with Crippen LogP contribution < -0.4 is 15.0 Å². The number of halogens is 1. The molecule has 5 nitrogen and oxygen atoms in total. The van der Waals surface area contributed by atoms with Crippen LogP contribution in [0, 0.1) is 0 Å². The highest BCUT2D eigenvalue weighted by molar-refractivity contribution is 7.98.